The molecule has 2 fully saturated rings. The van der Waals surface area contributed by atoms with Gasteiger partial charge in [0.05, 0.1) is 13.2 Å². The Labute approximate surface area is 97.2 Å². The summed E-state index contributed by atoms with van der Waals surface area (Å²) in [7, 11) is 0. The number of hydrogen-bond donors (Lipinski definition) is 0. The van der Waals surface area contributed by atoms with Crippen molar-refractivity contribution in [3.63, 3.8) is 0 Å². The van der Waals surface area contributed by atoms with E-state index in [2.05, 4.69) is 27.7 Å². The summed E-state index contributed by atoms with van der Waals surface area (Å²) >= 11 is 0. The quantitative estimate of drug-likeness (QED) is 0.724. The van der Waals surface area contributed by atoms with E-state index in [1.807, 2.05) is 0 Å². The maximum absolute atomic E-state index is 5.81. The van der Waals surface area contributed by atoms with Crippen LogP contribution < -0.4 is 0 Å². The zero-order valence-corrected chi connectivity index (χ0v) is 10.5. The molecule has 0 aliphatic carbocycles. The van der Waals surface area contributed by atoms with Crippen LogP contribution in [0.1, 0.15) is 27.7 Å². The van der Waals surface area contributed by atoms with Crippen LogP contribution in [-0.2, 0) is 18.9 Å². The fraction of sp³-hybridized carbons (Fsp3) is 1.00. The Morgan fingerprint density at radius 1 is 0.750 bits per heavy atom. The third-order valence-electron chi connectivity index (χ3n) is 2.97. The molecule has 0 aromatic rings. The minimum atomic E-state index is -0.129. The largest absolute Gasteiger partial charge is 0.350 e. The summed E-state index contributed by atoms with van der Waals surface area (Å²) in [5.41, 5.74) is 0. The Kier molecular flexibility index (Phi) is 3.85. The first-order chi connectivity index (χ1) is 7.58. The highest BCUT2D eigenvalue weighted by atomic mass is 16.8. The van der Waals surface area contributed by atoms with Crippen molar-refractivity contribution in [1.29, 1.82) is 0 Å². The van der Waals surface area contributed by atoms with Crippen molar-refractivity contribution < 1.29 is 18.9 Å². The van der Waals surface area contributed by atoms with Gasteiger partial charge in [-0.1, -0.05) is 27.7 Å². The van der Waals surface area contributed by atoms with E-state index >= 15 is 0 Å². The zero-order chi connectivity index (χ0) is 11.7. The van der Waals surface area contributed by atoms with Crippen LogP contribution >= 0.6 is 0 Å². The fourth-order valence-corrected chi connectivity index (χ4v) is 1.97. The van der Waals surface area contributed by atoms with E-state index in [0.29, 0.717) is 25.0 Å². The van der Waals surface area contributed by atoms with Gasteiger partial charge in [0.25, 0.3) is 0 Å². The lowest BCUT2D eigenvalue weighted by atomic mass is 10.2. The van der Waals surface area contributed by atoms with Gasteiger partial charge in [0.1, 0.15) is 12.2 Å². The van der Waals surface area contributed by atoms with E-state index in [4.69, 9.17) is 18.9 Å². The molecule has 0 aromatic carbocycles. The molecule has 0 radical (unpaired) electrons. The van der Waals surface area contributed by atoms with E-state index in [1.165, 1.54) is 0 Å². The van der Waals surface area contributed by atoms with E-state index < -0.39 is 0 Å². The summed E-state index contributed by atoms with van der Waals surface area (Å²) in [5.74, 6) is 0.729. The lowest BCUT2D eigenvalue weighted by molar-refractivity contribution is -0.185. The van der Waals surface area contributed by atoms with Gasteiger partial charge in [0.2, 0.25) is 0 Å². The fourth-order valence-electron chi connectivity index (χ4n) is 1.97. The highest BCUT2D eigenvalue weighted by Gasteiger charge is 2.40. The maximum Gasteiger partial charge on any atom is 0.161 e. The second kappa shape index (κ2) is 5.00. The van der Waals surface area contributed by atoms with E-state index in [-0.39, 0.29) is 24.8 Å². The van der Waals surface area contributed by atoms with Crippen LogP contribution in [0.25, 0.3) is 0 Å². The molecule has 16 heavy (non-hydrogen) atoms. The molecule has 94 valence electrons. The Morgan fingerprint density at radius 2 is 1.19 bits per heavy atom. The summed E-state index contributed by atoms with van der Waals surface area (Å²) in [6.07, 6.45) is -0.194. The van der Waals surface area contributed by atoms with Crippen molar-refractivity contribution in [2.24, 2.45) is 11.8 Å². The van der Waals surface area contributed by atoms with E-state index in [1.54, 1.807) is 0 Å². The number of hydrogen-bond acceptors (Lipinski definition) is 4. The van der Waals surface area contributed by atoms with E-state index in [0.717, 1.165) is 0 Å². The lowest BCUT2D eigenvalue weighted by Gasteiger charge is -2.21. The summed E-state index contributed by atoms with van der Waals surface area (Å²) < 4.78 is 23.0. The van der Waals surface area contributed by atoms with Crippen LogP contribution in [0.3, 0.4) is 0 Å². The zero-order valence-electron chi connectivity index (χ0n) is 10.5. The molecule has 2 aliphatic heterocycles. The normalized spacial score (nSPS) is 40.1. The molecular formula is C12H22O4. The van der Waals surface area contributed by atoms with Gasteiger partial charge in [0.15, 0.2) is 12.6 Å². The molecule has 2 unspecified atom stereocenters. The topological polar surface area (TPSA) is 36.9 Å². The smallest absolute Gasteiger partial charge is 0.161 e. The molecule has 2 aliphatic rings. The first-order valence-electron chi connectivity index (χ1n) is 6.12. The Hall–Kier alpha value is -0.160. The number of rotatable bonds is 2. The third kappa shape index (κ3) is 2.56. The third-order valence-corrected chi connectivity index (χ3v) is 2.97. The second-order valence-corrected chi connectivity index (χ2v) is 5.24. The van der Waals surface area contributed by atoms with Crippen molar-refractivity contribution in [1.82, 2.24) is 0 Å². The van der Waals surface area contributed by atoms with Crippen molar-refractivity contribution in [2.75, 3.05) is 13.2 Å². The Balaban J connectivity index is 1.91. The summed E-state index contributed by atoms with van der Waals surface area (Å²) in [6, 6.07) is 0. The van der Waals surface area contributed by atoms with Crippen LogP contribution in [-0.4, -0.2) is 38.0 Å². The van der Waals surface area contributed by atoms with Crippen LogP contribution in [0.5, 0.6) is 0 Å². The molecule has 0 amide bonds. The van der Waals surface area contributed by atoms with Gasteiger partial charge in [0, 0.05) is 11.8 Å². The van der Waals surface area contributed by atoms with E-state index in [9.17, 15) is 0 Å². The lowest BCUT2D eigenvalue weighted by Crippen LogP contribution is -2.27. The van der Waals surface area contributed by atoms with Crippen molar-refractivity contribution in [2.45, 2.75) is 52.5 Å². The summed E-state index contributed by atoms with van der Waals surface area (Å²) in [4.78, 5) is 0. The number of fused-ring (bicyclic) bond motifs is 1. The highest BCUT2D eigenvalue weighted by Crippen LogP contribution is 2.28. The minimum Gasteiger partial charge on any atom is -0.350 e. The van der Waals surface area contributed by atoms with Gasteiger partial charge in [-0.2, -0.15) is 0 Å². The maximum atomic E-state index is 5.81. The standard InChI is InChI=1S/C12H22O4/c1-7(2)11-13-5-9-10(6-14-11)16-12(15-9)8(3)4/h7-12H,5-6H2,1-4H3. The van der Waals surface area contributed by atoms with Crippen molar-refractivity contribution >= 4 is 0 Å². The van der Waals surface area contributed by atoms with Gasteiger partial charge in [-0.15, -0.1) is 0 Å². The van der Waals surface area contributed by atoms with Crippen molar-refractivity contribution in [3.05, 3.63) is 0 Å². The van der Waals surface area contributed by atoms with Gasteiger partial charge < -0.3 is 18.9 Å². The van der Waals surface area contributed by atoms with Crippen LogP contribution in [0, 0.1) is 11.8 Å². The molecule has 0 bridgehead atoms. The molecule has 2 rings (SSSR count). The monoisotopic (exact) mass is 230 g/mol. The second-order valence-electron chi connectivity index (χ2n) is 5.24. The van der Waals surface area contributed by atoms with Gasteiger partial charge in [-0.3, -0.25) is 0 Å². The molecule has 0 N–H and O–H groups in total. The summed E-state index contributed by atoms with van der Waals surface area (Å²) in [6.45, 7) is 9.49. The Morgan fingerprint density at radius 3 is 1.56 bits per heavy atom. The molecule has 4 nitrogen and oxygen atoms in total. The molecule has 2 saturated heterocycles. The Bertz CT molecular complexity index is 207. The molecule has 0 saturated carbocycles. The van der Waals surface area contributed by atoms with Crippen LogP contribution in [0.4, 0.5) is 0 Å². The predicted molar refractivity (Wildman–Crippen MR) is 58.9 cm³/mol. The number of ether oxygens (including phenoxy) is 4. The predicted octanol–water partition coefficient (Wildman–Crippen LogP) is 1.78. The molecule has 4 heteroatoms. The van der Waals surface area contributed by atoms with Crippen molar-refractivity contribution in [3.8, 4) is 0 Å². The van der Waals surface area contributed by atoms with Gasteiger partial charge >= 0.3 is 0 Å². The molecule has 2 atom stereocenters. The average molecular weight is 230 g/mol. The highest BCUT2D eigenvalue weighted by molar-refractivity contribution is 4.80. The average Bonchev–Trinajstić information content (AvgIpc) is 2.52. The van der Waals surface area contributed by atoms with Gasteiger partial charge in [-0.05, 0) is 0 Å². The van der Waals surface area contributed by atoms with Crippen LogP contribution in [0.15, 0.2) is 0 Å². The van der Waals surface area contributed by atoms with Crippen LogP contribution in [0.2, 0.25) is 0 Å². The first kappa shape index (κ1) is 12.3. The first-order valence-corrected chi connectivity index (χ1v) is 6.12. The molecular weight excluding hydrogens is 208 g/mol. The molecule has 2 heterocycles. The molecule has 0 aromatic heterocycles. The minimum absolute atomic E-state index is 0.0242. The van der Waals surface area contributed by atoms with Gasteiger partial charge in [-0.25, -0.2) is 0 Å². The molecule has 0 spiro atoms. The summed E-state index contributed by atoms with van der Waals surface area (Å²) in [5, 5.41) is 0. The SMILES string of the molecule is CC(C)C1OCC2OC(C(C)C)OC2CO1.